The highest BCUT2D eigenvalue weighted by atomic mass is 16.3. The number of hydrogen-bond donors (Lipinski definition) is 3. The van der Waals surface area contributed by atoms with Gasteiger partial charge in [-0.05, 0) is 30.4 Å². The standard InChI is InChI=1S/C17H26N2O2/c1-13-6-5-9-17(21,10-13)12-18-11-15-7-3-4-8-16(15)19-14(2)20/h3-4,7-8,13,18,21H,5-6,9-12H2,1-2H3,(H,19,20). The zero-order valence-electron chi connectivity index (χ0n) is 13.0. The second-order valence-electron chi connectivity index (χ2n) is 6.37. The first kappa shape index (κ1) is 16.0. The van der Waals surface area contributed by atoms with Gasteiger partial charge < -0.3 is 15.7 Å². The number of rotatable bonds is 5. The summed E-state index contributed by atoms with van der Waals surface area (Å²) in [6.45, 7) is 4.96. The van der Waals surface area contributed by atoms with Gasteiger partial charge in [0.15, 0.2) is 0 Å². The predicted octanol–water partition coefficient (Wildman–Crippen LogP) is 2.68. The van der Waals surface area contributed by atoms with Gasteiger partial charge in [-0.25, -0.2) is 0 Å². The number of amides is 1. The van der Waals surface area contributed by atoms with Crippen molar-refractivity contribution in [3.63, 3.8) is 0 Å². The number of benzene rings is 1. The molecule has 0 heterocycles. The lowest BCUT2D eigenvalue weighted by atomic mass is 9.79. The fourth-order valence-electron chi connectivity index (χ4n) is 3.21. The second-order valence-corrected chi connectivity index (χ2v) is 6.37. The van der Waals surface area contributed by atoms with Crippen LogP contribution in [-0.2, 0) is 11.3 Å². The van der Waals surface area contributed by atoms with E-state index in [1.165, 1.54) is 13.3 Å². The van der Waals surface area contributed by atoms with Crippen LogP contribution in [0.1, 0.15) is 45.1 Å². The van der Waals surface area contributed by atoms with Gasteiger partial charge >= 0.3 is 0 Å². The van der Waals surface area contributed by atoms with Crippen molar-refractivity contribution in [2.24, 2.45) is 5.92 Å². The number of anilines is 1. The number of para-hydroxylation sites is 1. The van der Waals surface area contributed by atoms with Crippen LogP contribution >= 0.6 is 0 Å². The van der Waals surface area contributed by atoms with Crippen molar-refractivity contribution >= 4 is 11.6 Å². The van der Waals surface area contributed by atoms with Crippen molar-refractivity contribution in [2.75, 3.05) is 11.9 Å². The maximum absolute atomic E-state index is 11.2. The molecule has 0 aromatic heterocycles. The number of carbonyl (C=O) groups is 1. The Balaban J connectivity index is 1.90. The summed E-state index contributed by atoms with van der Waals surface area (Å²) in [7, 11) is 0. The first-order chi connectivity index (χ1) is 9.98. The van der Waals surface area contributed by atoms with Gasteiger partial charge in [0.2, 0.25) is 5.91 Å². The highest BCUT2D eigenvalue weighted by molar-refractivity contribution is 5.89. The van der Waals surface area contributed by atoms with Crippen LogP contribution in [0.25, 0.3) is 0 Å². The molecular formula is C17H26N2O2. The van der Waals surface area contributed by atoms with Gasteiger partial charge in [-0.1, -0.05) is 38.0 Å². The molecule has 1 aliphatic rings. The Morgan fingerprint density at radius 2 is 2.19 bits per heavy atom. The van der Waals surface area contributed by atoms with E-state index >= 15 is 0 Å². The third-order valence-corrected chi connectivity index (χ3v) is 4.17. The summed E-state index contributed by atoms with van der Waals surface area (Å²) < 4.78 is 0. The van der Waals surface area contributed by atoms with E-state index in [0.29, 0.717) is 19.0 Å². The first-order valence-corrected chi connectivity index (χ1v) is 7.77. The van der Waals surface area contributed by atoms with E-state index in [4.69, 9.17) is 0 Å². The van der Waals surface area contributed by atoms with Crippen LogP contribution in [-0.4, -0.2) is 23.2 Å². The average Bonchev–Trinajstić information content (AvgIpc) is 2.39. The molecule has 4 nitrogen and oxygen atoms in total. The second kappa shape index (κ2) is 7.05. The summed E-state index contributed by atoms with van der Waals surface area (Å²) in [6, 6.07) is 7.76. The molecule has 1 aliphatic carbocycles. The molecule has 0 saturated heterocycles. The third-order valence-electron chi connectivity index (χ3n) is 4.17. The van der Waals surface area contributed by atoms with Crippen LogP contribution in [0.4, 0.5) is 5.69 Å². The molecule has 2 unspecified atom stereocenters. The smallest absolute Gasteiger partial charge is 0.221 e. The number of hydrogen-bond acceptors (Lipinski definition) is 3. The molecule has 2 atom stereocenters. The zero-order valence-corrected chi connectivity index (χ0v) is 13.0. The van der Waals surface area contributed by atoms with Crippen molar-refractivity contribution in [1.29, 1.82) is 0 Å². The van der Waals surface area contributed by atoms with E-state index < -0.39 is 5.60 Å². The van der Waals surface area contributed by atoms with Gasteiger partial charge in [-0.3, -0.25) is 4.79 Å². The highest BCUT2D eigenvalue weighted by Gasteiger charge is 2.31. The minimum Gasteiger partial charge on any atom is -0.389 e. The number of nitrogens with one attached hydrogen (secondary N) is 2. The molecule has 1 aromatic carbocycles. The van der Waals surface area contributed by atoms with Gasteiger partial charge in [0.1, 0.15) is 0 Å². The fourth-order valence-corrected chi connectivity index (χ4v) is 3.21. The molecule has 1 saturated carbocycles. The van der Waals surface area contributed by atoms with Gasteiger partial charge in [0.05, 0.1) is 5.60 Å². The third kappa shape index (κ3) is 4.83. The zero-order chi connectivity index (χ0) is 15.3. The molecule has 1 aromatic rings. The fraction of sp³-hybridized carbons (Fsp3) is 0.588. The molecular weight excluding hydrogens is 264 g/mol. The predicted molar refractivity (Wildman–Crippen MR) is 85.0 cm³/mol. The monoisotopic (exact) mass is 290 g/mol. The Morgan fingerprint density at radius 1 is 1.43 bits per heavy atom. The van der Waals surface area contributed by atoms with Crippen LogP contribution in [0.15, 0.2) is 24.3 Å². The molecule has 0 bridgehead atoms. The average molecular weight is 290 g/mol. The molecule has 0 spiro atoms. The van der Waals surface area contributed by atoms with Gasteiger partial charge in [0, 0.05) is 25.7 Å². The van der Waals surface area contributed by atoms with Gasteiger partial charge in [-0.15, -0.1) is 0 Å². The van der Waals surface area contributed by atoms with Crippen LogP contribution in [0, 0.1) is 5.92 Å². The van der Waals surface area contributed by atoms with Gasteiger partial charge in [0.25, 0.3) is 0 Å². The summed E-state index contributed by atoms with van der Waals surface area (Å²) in [6.07, 6.45) is 4.06. The van der Waals surface area contributed by atoms with Gasteiger partial charge in [-0.2, -0.15) is 0 Å². The van der Waals surface area contributed by atoms with E-state index in [0.717, 1.165) is 30.5 Å². The quantitative estimate of drug-likeness (QED) is 0.781. The first-order valence-electron chi connectivity index (χ1n) is 7.77. The van der Waals surface area contributed by atoms with Crippen molar-refractivity contribution in [3.8, 4) is 0 Å². The maximum atomic E-state index is 11.2. The van der Waals surface area contributed by atoms with E-state index in [9.17, 15) is 9.90 Å². The molecule has 2 rings (SSSR count). The minimum absolute atomic E-state index is 0.0674. The van der Waals surface area contributed by atoms with Crippen LogP contribution in [0.3, 0.4) is 0 Å². The summed E-state index contributed by atoms with van der Waals surface area (Å²) in [4.78, 5) is 11.2. The Hall–Kier alpha value is -1.39. The Morgan fingerprint density at radius 3 is 2.90 bits per heavy atom. The van der Waals surface area contributed by atoms with Crippen LogP contribution in [0.2, 0.25) is 0 Å². The molecule has 1 fully saturated rings. The SMILES string of the molecule is CC(=O)Nc1ccccc1CNCC1(O)CCCC(C)C1. The normalized spacial score (nSPS) is 25.6. The lowest BCUT2D eigenvalue weighted by Crippen LogP contribution is -2.43. The Labute approximate surface area is 126 Å². The molecule has 0 radical (unpaired) electrons. The molecule has 3 N–H and O–H groups in total. The van der Waals surface area contributed by atoms with E-state index in [-0.39, 0.29) is 5.91 Å². The van der Waals surface area contributed by atoms with E-state index in [2.05, 4.69) is 17.6 Å². The topological polar surface area (TPSA) is 61.4 Å². The lowest BCUT2D eigenvalue weighted by Gasteiger charge is -2.35. The molecule has 116 valence electrons. The Kier molecular flexibility index (Phi) is 5.37. The molecule has 21 heavy (non-hydrogen) atoms. The van der Waals surface area contributed by atoms with Crippen molar-refractivity contribution in [3.05, 3.63) is 29.8 Å². The van der Waals surface area contributed by atoms with E-state index in [1.807, 2.05) is 24.3 Å². The van der Waals surface area contributed by atoms with Crippen molar-refractivity contribution < 1.29 is 9.90 Å². The van der Waals surface area contributed by atoms with Crippen molar-refractivity contribution in [2.45, 2.75) is 51.7 Å². The van der Waals surface area contributed by atoms with Crippen LogP contribution in [0.5, 0.6) is 0 Å². The summed E-state index contributed by atoms with van der Waals surface area (Å²) >= 11 is 0. The highest BCUT2D eigenvalue weighted by Crippen LogP contribution is 2.31. The summed E-state index contributed by atoms with van der Waals surface area (Å²) in [5, 5.41) is 16.8. The molecule has 0 aliphatic heterocycles. The number of aliphatic hydroxyl groups is 1. The Bertz CT molecular complexity index is 489. The largest absolute Gasteiger partial charge is 0.389 e. The van der Waals surface area contributed by atoms with Crippen LogP contribution < -0.4 is 10.6 Å². The minimum atomic E-state index is -0.583. The van der Waals surface area contributed by atoms with E-state index in [1.54, 1.807) is 0 Å². The summed E-state index contributed by atoms with van der Waals surface area (Å²) in [5.74, 6) is 0.527. The summed E-state index contributed by atoms with van der Waals surface area (Å²) in [5.41, 5.74) is 1.29. The number of carbonyl (C=O) groups excluding carboxylic acids is 1. The lowest BCUT2D eigenvalue weighted by molar-refractivity contribution is -0.114. The molecule has 1 amide bonds. The van der Waals surface area contributed by atoms with Crippen molar-refractivity contribution in [1.82, 2.24) is 5.32 Å². The molecule has 4 heteroatoms. The maximum Gasteiger partial charge on any atom is 0.221 e.